The van der Waals surface area contributed by atoms with E-state index in [4.69, 9.17) is 10.2 Å². The predicted octanol–water partition coefficient (Wildman–Crippen LogP) is 0.886. The zero-order valence-corrected chi connectivity index (χ0v) is 11.0. The van der Waals surface area contributed by atoms with E-state index < -0.39 is 48.4 Å². The summed E-state index contributed by atoms with van der Waals surface area (Å²) in [5, 5.41) is 17.9. The highest BCUT2D eigenvalue weighted by Gasteiger charge is 2.54. The molecule has 0 bridgehead atoms. The molecular weight excluding hydrogens is 278 g/mol. The van der Waals surface area contributed by atoms with Gasteiger partial charge in [0.25, 0.3) is 0 Å². The number of carbonyl (C=O) groups is 4. The smallest absolute Gasteiger partial charge is 0.304 e. The summed E-state index contributed by atoms with van der Waals surface area (Å²) >= 11 is 0. The number of imide groups is 1. The van der Waals surface area contributed by atoms with Crippen LogP contribution >= 0.6 is 0 Å². The third-order valence-corrected chi connectivity index (χ3v) is 3.39. The summed E-state index contributed by atoms with van der Waals surface area (Å²) in [6, 6.07) is 8.03. The van der Waals surface area contributed by atoms with E-state index >= 15 is 0 Å². The van der Waals surface area contributed by atoms with Gasteiger partial charge < -0.3 is 10.2 Å². The van der Waals surface area contributed by atoms with E-state index in [1.54, 1.807) is 18.2 Å². The molecule has 0 radical (unpaired) electrons. The SMILES string of the molecule is O=C(O)CC1(CC(=O)O)CC(=O)N(c2ccccc2)C1=O. The highest BCUT2D eigenvalue weighted by molar-refractivity contribution is 6.23. The highest BCUT2D eigenvalue weighted by Crippen LogP contribution is 2.41. The molecule has 0 aliphatic carbocycles. The van der Waals surface area contributed by atoms with Crippen LogP contribution in [0, 0.1) is 5.41 Å². The van der Waals surface area contributed by atoms with Crippen molar-refractivity contribution < 1.29 is 29.4 Å². The third-order valence-electron chi connectivity index (χ3n) is 3.39. The summed E-state index contributed by atoms with van der Waals surface area (Å²) in [5.74, 6) is -3.99. The molecular formula is C14H13NO6. The summed E-state index contributed by atoms with van der Waals surface area (Å²) in [6.07, 6.45) is -1.79. The van der Waals surface area contributed by atoms with E-state index in [1.807, 2.05) is 0 Å². The van der Waals surface area contributed by atoms with Gasteiger partial charge in [-0.2, -0.15) is 0 Å². The Hall–Kier alpha value is -2.70. The molecule has 7 heteroatoms. The van der Waals surface area contributed by atoms with E-state index in [2.05, 4.69) is 0 Å². The van der Waals surface area contributed by atoms with Gasteiger partial charge in [-0.15, -0.1) is 0 Å². The van der Waals surface area contributed by atoms with Crippen molar-refractivity contribution >= 4 is 29.4 Å². The minimum atomic E-state index is -1.72. The second-order valence-electron chi connectivity index (χ2n) is 4.97. The van der Waals surface area contributed by atoms with Crippen LogP contribution in [0.4, 0.5) is 5.69 Å². The van der Waals surface area contributed by atoms with Crippen molar-refractivity contribution in [3.63, 3.8) is 0 Å². The van der Waals surface area contributed by atoms with Gasteiger partial charge >= 0.3 is 11.9 Å². The monoisotopic (exact) mass is 291 g/mol. The van der Waals surface area contributed by atoms with Gasteiger partial charge in [-0.1, -0.05) is 18.2 Å². The first-order valence-corrected chi connectivity index (χ1v) is 6.22. The van der Waals surface area contributed by atoms with Crippen LogP contribution in [-0.4, -0.2) is 34.0 Å². The number of nitrogens with zero attached hydrogens (tertiary/aromatic N) is 1. The summed E-state index contributed by atoms with van der Waals surface area (Å²) in [6.45, 7) is 0. The van der Waals surface area contributed by atoms with Gasteiger partial charge in [0.2, 0.25) is 11.8 Å². The van der Waals surface area contributed by atoms with E-state index in [0.29, 0.717) is 5.69 Å². The lowest BCUT2D eigenvalue weighted by Gasteiger charge is -2.23. The summed E-state index contributed by atoms with van der Waals surface area (Å²) in [4.78, 5) is 47.4. The molecule has 1 aliphatic heterocycles. The topological polar surface area (TPSA) is 112 Å². The first kappa shape index (κ1) is 14.7. The normalized spacial score (nSPS) is 17.0. The van der Waals surface area contributed by atoms with E-state index in [0.717, 1.165) is 4.90 Å². The molecule has 1 aromatic carbocycles. The zero-order chi connectivity index (χ0) is 15.6. The van der Waals surface area contributed by atoms with Crippen LogP contribution < -0.4 is 4.90 Å². The third kappa shape index (κ3) is 2.76. The minimum Gasteiger partial charge on any atom is -0.481 e. The number of hydrogen-bond donors (Lipinski definition) is 2. The zero-order valence-electron chi connectivity index (χ0n) is 11.0. The molecule has 0 spiro atoms. The summed E-state index contributed by atoms with van der Waals surface area (Å²) in [5.41, 5.74) is -1.41. The predicted molar refractivity (Wildman–Crippen MR) is 70.5 cm³/mol. The second-order valence-corrected chi connectivity index (χ2v) is 4.97. The van der Waals surface area contributed by atoms with Crippen molar-refractivity contribution in [2.24, 2.45) is 5.41 Å². The molecule has 1 fully saturated rings. The first-order chi connectivity index (χ1) is 9.85. The maximum Gasteiger partial charge on any atom is 0.304 e. The van der Waals surface area contributed by atoms with Crippen LogP contribution in [0.5, 0.6) is 0 Å². The molecule has 0 aromatic heterocycles. The van der Waals surface area contributed by atoms with E-state index in [-0.39, 0.29) is 0 Å². The average molecular weight is 291 g/mol. The number of amides is 2. The molecule has 2 rings (SSSR count). The minimum absolute atomic E-state index is 0.310. The molecule has 0 atom stereocenters. The number of para-hydroxylation sites is 1. The quantitative estimate of drug-likeness (QED) is 0.779. The van der Waals surface area contributed by atoms with Gasteiger partial charge in [0.1, 0.15) is 0 Å². The van der Waals surface area contributed by atoms with E-state index in [9.17, 15) is 19.2 Å². The average Bonchev–Trinajstić information content (AvgIpc) is 2.60. The van der Waals surface area contributed by atoms with Crippen molar-refractivity contribution in [2.45, 2.75) is 19.3 Å². The number of carboxylic acid groups (broad SMARTS) is 2. The number of hydrogen-bond acceptors (Lipinski definition) is 4. The largest absolute Gasteiger partial charge is 0.481 e. The number of anilines is 1. The van der Waals surface area contributed by atoms with Gasteiger partial charge in [-0.05, 0) is 12.1 Å². The van der Waals surface area contributed by atoms with Crippen LogP contribution in [0.25, 0.3) is 0 Å². The fraction of sp³-hybridized carbons (Fsp3) is 0.286. The van der Waals surface area contributed by atoms with Crippen LogP contribution in [0.2, 0.25) is 0 Å². The van der Waals surface area contributed by atoms with Gasteiger partial charge in [0.15, 0.2) is 0 Å². The Morgan fingerprint density at radius 2 is 1.57 bits per heavy atom. The first-order valence-electron chi connectivity index (χ1n) is 6.22. The lowest BCUT2D eigenvalue weighted by molar-refractivity contribution is -0.148. The molecule has 21 heavy (non-hydrogen) atoms. The van der Waals surface area contributed by atoms with Crippen molar-refractivity contribution in [1.82, 2.24) is 0 Å². The van der Waals surface area contributed by atoms with Gasteiger partial charge in [0.05, 0.1) is 23.9 Å². The van der Waals surface area contributed by atoms with Crippen molar-refractivity contribution in [2.75, 3.05) is 4.90 Å². The Balaban J connectivity index is 2.41. The number of carbonyl (C=O) groups excluding carboxylic acids is 2. The van der Waals surface area contributed by atoms with Gasteiger partial charge in [0, 0.05) is 6.42 Å². The van der Waals surface area contributed by atoms with Crippen LogP contribution in [0.15, 0.2) is 30.3 Å². The fourth-order valence-corrected chi connectivity index (χ4v) is 2.55. The molecule has 0 saturated carbocycles. The van der Waals surface area contributed by atoms with Gasteiger partial charge in [-0.3, -0.25) is 24.1 Å². The Morgan fingerprint density at radius 1 is 1.05 bits per heavy atom. The molecule has 7 nitrogen and oxygen atoms in total. The maximum atomic E-state index is 12.5. The summed E-state index contributed by atoms with van der Waals surface area (Å²) in [7, 11) is 0. The molecule has 2 amide bonds. The van der Waals surface area contributed by atoms with Crippen molar-refractivity contribution in [1.29, 1.82) is 0 Å². The molecule has 1 heterocycles. The number of benzene rings is 1. The Morgan fingerprint density at radius 3 is 2.05 bits per heavy atom. The molecule has 1 aliphatic rings. The molecule has 1 aromatic rings. The van der Waals surface area contributed by atoms with Crippen LogP contribution in [0.1, 0.15) is 19.3 Å². The summed E-state index contributed by atoms with van der Waals surface area (Å²) < 4.78 is 0. The lowest BCUT2D eigenvalue weighted by Crippen LogP contribution is -2.38. The van der Waals surface area contributed by atoms with Crippen LogP contribution in [-0.2, 0) is 19.2 Å². The Bertz CT molecular complexity index is 593. The fourth-order valence-electron chi connectivity index (χ4n) is 2.55. The molecule has 2 N–H and O–H groups in total. The van der Waals surface area contributed by atoms with Crippen molar-refractivity contribution in [3.8, 4) is 0 Å². The standard InChI is InChI=1S/C14H13NO6/c16-10-6-14(7-11(17)18,8-12(19)20)13(21)15(10)9-4-2-1-3-5-9/h1-5H,6-8H2,(H,17,18)(H,19,20). The van der Waals surface area contributed by atoms with Gasteiger partial charge in [-0.25, -0.2) is 0 Å². The lowest BCUT2D eigenvalue weighted by atomic mass is 9.79. The van der Waals surface area contributed by atoms with Crippen LogP contribution in [0.3, 0.4) is 0 Å². The maximum absolute atomic E-state index is 12.5. The second kappa shape index (κ2) is 5.35. The highest BCUT2D eigenvalue weighted by atomic mass is 16.4. The number of rotatable bonds is 5. The van der Waals surface area contributed by atoms with E-state index in [1.165, 1.54) is 12.1 Å². The Labute approximate surface area is 119 Å². The number of carboxylic acids is 2. The number of aliphatic carboxylic acids is 2. The Kier molecular flexibility index (Phi) is 3.75. The van der Waals surface area contributed by atoms with Crippen molar-refractivity contribution in [3.05, 3.63) is 30.3 Å². The molecule has 110 valence electrons. The molecule has 0 unspecified atom stereocenters. The molecule has 1 saturated heterocycles.